The Balaban J connectivity index is 1.40. The van der Waals surface area contributed by atoms with Crippen molar-refractivity contribution < 1.29 is 14.0 Å². The molecule has 0 radical (unpaired) electrons. The van der Waals surface area contributed by atoms with E-state index >= 15 is 0 Å². The Morgan fingerprint density at radius 1 is 1.23 bits per heavy atom. The second-order valence-corrected chi connectivity index (χ2v) is 7.49. The number of hydrogen-bond acceptors (Lipinski definition) is 4. The van der Waals surface area contributed by atoms with E-state index in [-0.39, 0.29) is 11.8 Å². The fraction of sp³-hybridized carbons (Fsp3) is 0.474. The topological polar surface area (TPSA) is 65.8 Å². The van der Waals surface area contributed by atoms with E-state index in [4.69, 9.17) is 16.0 Å². The highest BCUT2D eigenvalue weighted by molar-refractivity contribution is 6.35. The van der Waals surface area contributed by atoms with Gasteiger partial charge in [0.1, 0.15) is 0 Å². The van der Waals surface area contributed by atoms with Crippen LogP contribution in [0.3, 0.4) is 0 Å². The van der Waals surface area contributed by atoms with Crippen molar-refractivity contribution in [3.05, 3.63) is 34.5 Å². The highest BCUT2D eigenvalue weighted by Crippen LogP contribution is 2.31. The summed E-state index contributed by atoms with van der Waals surface area (Å²) in [6.45, 7) is 4.82. The molecule has 138 valence electrons. The third-order valence-corrected chi connectivity index (χ3v) is 5.38. The minimum atomic E-state index is -0.114. The Labute approximate surface area is 157 Å². The molecule has 0 atom stereocenters. The van der Waals surface area contributed by atoms with Crippen LogP contribution in [-0.4, -0.2) is 60.4 Å². The normalized spacial score (nSPS) is 18.3. The Kier molecular flexibility index (Phi) is 4.63. The summed E-state index contributed by atoms with van der Waals surface area (Å²) in [6.07, 6.45) is 2.18. The second kappa shape index (κ2) is 6.93. The number of nitrogens with zero attached hydrogens (tertiary/aromatic N) is 2. The molecule has 4 rings (SSSR count). The number of benzene rings is 1. The van der Waals surface area contributed by atoms with Crippen LogP contribution in [0.25, 0.3) is 11.0 Å². The average Bonchev–Trinajstić information content (AvgIpc) is 3.37. The summed E-state index contributed by atoms with van der Waals surface area (Å²) in [5, 5.41) is 4.38. The number of aryl methyl sites for hydroxylation is 1. The summed E-state index contributed by atoms with van der Waals surface area (Å²) < 4.78 is 5.79. The van der Waals surface area contributed by atoms with Crippen molar-refractivity contribution in [2.24, 2.45) is 0 Å². The molecule has 2 aliphatic rings. The summed E-state index contributed by atoms with van der Waals surface area (Å²) in [7, 11) is 0. The van der Waals surface area contributed by atoms with Crippen LogP contribution >= 0.6 is 11.6 Å². The van der Waals surface area contributed by atoms with Crippen molar-refractivity contribution in [1.82, 2.24) is 15.1 Å². The Hall–Kier alpha value is -2.05. The first-order valence-corrected chi connectivity index (χ1v) is 9.39. The molecule has 1 aliphatic heterocycles. The van der Waals surface area contributed by atoms with E-state index in [1.165, 1.54) is 0 Å². The van der Waals surface area contributed by atoms with Gasteiger partial charge in [0.15, 0.2) is 11.3 Å². The molecule has 1 aliphatic carbocycles. The summed E-state index contributed by atoms with van der Waals surface area (Å²) in [5.41, 5.74) is 1.38. The number of nitrogens with one attached hydrogen (secondary N) is 1. The monoisotopic (exact) mass is 375 g/mol. The van der Waals surface area contributed by atoms with Crippen LogP contribution in [0.1, 0.15) is 29.0 Å². The summed E-state index contributed by atoms with van der Waals surface area (Å²) >= 11 is 6.18. The molecule has 0 bridgehead atoms. The number of piperazine rings is 1. The number of carbonyl (C=O) groups is 2. The van der Waals surface area contributed by atoms with E-state index < -0.39 is 0 Å². The number of carbonyl (C=O) groups excluding carboxylic acids is 2. The third-order valence-electron chi connectivity index (χ3n) is 5.08. The van der Waals surface area contributed by atoms with Gasteiger partial charge in [0.25, 0.3) is 5.91 Å². The van der Waals surface area contributed by atoms with Crippen LogP contribution in [0.5, 0.6) is 0 Å². The second-order valence-electron chi connectivity index (χ2n) is 7.08. The number of rotatable bonds is 4. The molecule has 2 amide bonds. The van der Waals surface area contributed by atoms with E-state index in [1.807, 2.05) is 19.1 Å². The van der Waals surface area contributed by atoms with Gasteiger partial charge in [-0.15, -0.1) is 0 Å². The molecule has 2 aromatic rings. The molecule has 0 unspecified atom stereocenters. The molecule has 1 saturated carbocycles. The number of fused-ring (bicyclic) bond motifs is 1. The minimum Gasteiger partial charge on any atom is -0.449 e. The van der Waals surface area contributed by atoms with E-state index in [2.05, 4.69) is 10.2 Å². The predicted molar refractivity (Wildman–Crippen MR) is 99.5 cm³/mol. The van der Waals surface area contributed by atoms with Crippen molar-refractivity contribution in [2.75, 3.05) is 32.7 Å². The van der Waals surface area contributed by atoms with Gasteiger partial charge < -0.3 is 14.6 Å². The van der Waals surface area contributed by atoms with Gasteiger partial charge in [-0.2, -0.15) is 0 Å². The summed E-state index contributed by atoms with van der Waals surface area (Å²) in [5.74, 6) is 0.319. The lowest BCUT2D eigenvalue weighted by atomic mass is 10.1. The molecule has 1 N–H and O–H groups in total. The molecular formula is C19H22ClN3O3. The Morgan fingerprint density at radius 3 is 2.62 bits per heavy atom. The molecule has 6 nitrogen and oxygen atoms in total. The van der Waals surface area contributed by atoms with Crippen LogP contribution in [0.2, 0.25) is 5.02 Å². The van der Waals surface area contributed by atoms with Crippen molar-refractivity contribution in [2.45, 2.75) is 25.8 Å². The van der Waals surface area contributed by atoms with Gasteiger partial charge in [-0.25, -0.2) is 0 Å². The van der Waals surface area contributed by atoms with Crippen LogP contribution in [0.15, 0.2) is 22.6 Å². The summed E-state index contributed by atoms with van der Waals surface area (Å²) in [6, 6.07) is 5.90. The quantitative estimate of drug-likeness (QED) is 0.891. The van der Waals surface area contributed by atoms with Gasteiger partial charge in [0, 0.05) is 43.2 Å². The van der Waals surface area contributed by atoms with Gasteiger partial charge in [-0.1, -0.05) is 23.7 Å². The number of para-hydroxylation sites is 1. The lowest BCUT2D eigenvalue weighted by Gasteiger charge is -2.34. The van der Waals surface area contributed by atoms with Gasteiger partial charge in [-0.3, -0.25) is 14.5 Å². The van der Waals surface area contributed by atoms with Crippen LogP contribution in [-0.2, 0) is 4.79 Å². The number of amides is 2. The van der Waals surface area contributed by atoms with Crippen molar-refractivity contribution in [3.63, 3.8) is 0 Å². The fourth-order valence-electron chi connectivity index (χ4n) is 3.37. The molecule has 1 saturated heterocycles. The maximum atomic E-state index is 12.9. The maximum absolute atomic E-state index is 12.9. The minimum absolute atomic E-state index is 0.0787. The lowest BCUT2D eigenvalue weighted by molar-refractivity contribution is -0.122. The maximum Gasteiger partial charge on any atom is 0.289 e. The number of hydrogen-bond donors (Lipinski definition) is 1. The molecule has 7 heteroatoms. The lowest BCUT2D eigenvalue weighted by Crippen LogP contribution is -2.51. The Morgan fingerprint density at radius 2 is 1.96 bits per heavy atom. The van der Waals surface area contributed by atoms with Crippen molar-refractivity contribution in [1.29, 1.82) is 0 Å². The van der Waals surface area contributed by atoms with E-state index in [1.54, 1.807) is 11.0 Å². The van der Waals surface area contributed by atoms with Crippen molar-refractivity contribution >= 4 is 34.4 Å². The zero-order valence-electron chi connectivity index (χ0n) is 14.8. The Bertz CT molecular complexity index is 851. The van der Waals surface area contributed by atoms with Gasteiger partial charge in [0.05, 0.1) is 11.6 Å². The van der Waals surface area contributed by atoms with Crippen LogP contribution < -0.4 is 5.32 Å². The van der Waals surface area contributed by atoms with E-state index in [0.29, 0.717) is 55.1 Å². The fourth-order valence-corrected chi connectivity index (χ4v) is 3.58. The summed E-state index contributed by atoms with van der Waals surface area (Å²) in [4.78, 5) is 28.7. The first-order chi connectivity index (χ1) is 12.5. The van der Waals surface area contributed by atoms with Gasteiger partial charge in [-0.05, 0) is 25.8 Å². The van der Waals surface area contributed by atoms with Crippen LogP contribution in [0.4, 0.5) is 0 Å². The van der Waals surface area contributed by atoms with Crippen LogP contribution in [0, 0.1) is 6.92 Å². The van der Waals surface area contributed by atoms with E-state index in [9.17, 15) is 9.59 Å². The van der Waals surface area contributed by atoms with E-state index in [0.717, 1.165) is 23.8 Å². The highest BCUT2D eigenvalue weighted by atomic mass is 35.5. The molecular weight excluding hydrogens is 354 g/mol. The molecule has 2 fully saturated rings. The first-order valence-electron chi connectivity index (χ1n) is 9.01. The standard InChI is InChI=1S/C19H22ClN3O3/c1-12-14-3-2-4-15(20)18(14)26-17(12)19(25)23-9-7-22(8-10-23)11-16(24)21-13-5-6-13/h2-4,13H,5-11H2,1H3,(H,21,24). The highest BCUT2D eigenvalue weighted by Gasteiger charge is 2.29. The molecule has 1 aromatic carbocycles. The molecule has 26 heavy (non-hydrogen) atoms. The number of furan rings is 1. The molecule has 1 aromatic heterocycles. The van der Waals surface area contributed by atoms with Crippen molar-refractivity contribution in [3.8, 4) is 0 Å². The predicted octanol–water partition coefficient (Wildman–Crippen LogP) is 2.43. The first kappa shape index (κ1) is 17.4. The molecule has 2 heterocycles. The smallest absolute Gasteiger partial charge is 0.289 e. The number of halogens is 1. The zero-order valence-corrected chi connectivity index (χ0v) is 15.5. The largest absolute Gasteiger partial charge is 0.449 e. The third kappa shape index (κ3) is 3.44. The van der Waals surface area contributed by atoms with Gasteiger partial charge >= 0.3 is 0 Å². The molecule has 0 spiro atoms. The average molecular weight is 376 g/mol. The zero-order chi connectivity index (χ0) is 18.3. The van der Waals surface area contributed by atoms with Gasteiger partial charge in [0.2, 0.25) is 5.91 Å². The SMILES string of the molecule is Cc1c(C(=O)N2CCN(CC(=O)NC3CC3)CC2)oc2c(Cl)cccc12.